The third-order valence-electron chi connectivity index (χ3n) is 8.94. The molecule has 0 saturated heterocycles. The van der Waals surface area contributed by atoms with Crippen molar-refractivity contribution in [2.75, 3.05) is 0 Å². The van der Waals surface area contributed by atoms with Gasteiger partial charge in [0.25, 0.3) is 5.82 Å². The Kier molecular flexibility index (Phi) is 5.25. The summed E-state index contributed by atoms with van der Waals surface area (Å²) in [6, 6.07) is 36.2. The number of thiophene rings is 1. The third kappa shape index (κ3) is 3.95. The third-order valence-corrected chi connectivity index (χ3v) is 10.1. The molecule has 0 amide bonds. The number of nitrogens with zero attached hydrogens (tertiary/aromatic N) is 1. The van der Waals surface area contributed by atoms with E-state index in [1.54, 1.807) is 17.4 Å². The molecule has 0 radical (unpaired) electrons. The summed E-state index contributed by atoms with van der Waals surface area (Å²) in [4.78, 5) is 3.84. The van der Waals surface area contributed by atoms with Crippen molar-refractivity contribution in [1.29, 1.82) is 0 Å². The second-order valence-corrected chi connectivity index (χ2v) is 13.3. The van der Waals surface area contributed by atoms with Crippen molar-refractivity contribution < 1.29 is 8.68 Å². The molecule has 210 valence electrons. The molecule has 2 aromatic heterocycles. The predicted molar refractivity (Wildman–Crippen MR) is 186 cm³/mol. The molecule has 2 heterocycles. The van der Waals surface area contributed by atoms with Crippen LogP contribution in [0, 0.1) is 6.85 Å². The molecule has 43 heavy (non-hydrogen) atoms. The summed E-state index contributed by atoms with van der Waals surface area (Å²) in [7, 11) is 0. The second kappa shape index (κ2) is 9.79. The van der Waals surface area contributed by atoms with Crippen LogP contribution in [-0.4, -0.2) is 4.98 Å². The lowest BCUT2D eigenvalue weighted by atomic mass is 9.92. The molecule has 0 unspecified atom stereocenters. The van der Waals surface area contributed by atoms with Gasteiger partial charge in [0, 0.05) is 30.7 Å². The summed E-state index contributed by atoms with van der Waals surface area (Å²) in [5.74, 6) is 1.79. The molecule has 3 heteroatoms. The van der Waals surface area contributed by atoms with E-state index < -0.39 is 6.85 Å². The van der Waals surface area contributed by atoms with Crippen LogP contribution < -0.4 is 4.57 Å². The first-order chi connectivity index (χ1) is 22.1. The average molecular weight is 579 g/mol. The number of para-hydroxylation sites is 3. The number of benzene rings is 6. The van der Waals surface area contributed by atoms with Gasteiger partial charge < -0.3 is 0 Å². The topological polar surface area (TPSA) is 19.7 Å². The van der Waals surface area contributed by atoms with Gasteiger partial charge in [0.2, 0.25) is 0 Å². The first-order valence-electron chi connectivity index (χ1n) is 16.6. The van der Waals surface area contributed by atoms with Gasteiger partial charge in [-0.05, 0) is 76.1 Å². The van der Waals surface area contributed by atoms with Crippen LogP contribution in [0.4, 0.5) is 0 Å². The minimum absolute atomic E-state index is 0.357. The monoisotopic (exact) mass is 578 g/mol. The van der Waals surface area contributed by atoms with E-state index in [0.717, 1.165) is 38.4 Å². The maximum Gasteiger partial charge on any atom is 0.294 e. The lowest BCUT2D eigenvalue weighted by molar-refractivity contribution is -0.556. The van der Waals surface area contributed by atoms with Gasteiger partial charge in [-0.1, -0.05) is 100 Å². The van der Waals surface area contributed by atoms with Gasteiger partial charge in [0.15, 0.2) is 11.0 Å². The zero-order valence-electron chi connectivity index (χ0n) is 27.8. The van der Waals surface area contributed by atoms with Crippen molar-refractivity contribution in [1.82, 2.24) is 4.98 Å². The number of hydrogen-bond donors (Lipinski definition) is 1. The molecule has 1 N–H and O–H groups in total. The van der Waals surface area contributed by atoms with Crippen molar-refractivity contribution in [2.45, 2.75) is 46.4 Å². The van der Waals surface area contributed by atoms with E-state index in [0.29, 0.717) is 17.4 Å². The van der Waals surface area contributed by atoms with E-state index in [2.05, 4.69) is 116 Å². The highest BCUT2D eigenvalue weighted by molar-refractivity contribution is 7.26. The van der Waals surface area contributed by atoms with Crippen LogP contribution in [0.2, 0.25) is 0 Å². The lowest BCUT2D eigenvalue weighted by Gasteiger charge is -2.18. The Morgan fingerprint density at radius 1 is 0.674 bits per heavy atom. The van der Waals surface area contributed by atoms with Crippen LogP contribution in [0.25, 0.3) is 69.8 Å². The lowest BCUT2D eigenvalue weighted by Crippen LogP contribution is -2.35. The second-order valence-electron chi connectivity index (χ2n) is 12.2. The Morgan fingerprint density at radius 2 is 1.42 bits per heavy atom. The SMILES string of the molecule is [2H]C([2H])([2H])c1cccc2c1ccc1cc3c(cc12)sc1c(-c2[nH]c4ccccc4[n+]2-c2c(C(C)C)cccc2C(C)C)cccc13. The Hall–Kier alpha value is -4.47. The Labute approximate surface area is 260 Å². The van der Waals surface area contributed by atoms with E-state index in [1.807, 2.05) is 18.2 Å². The van der Waals surface area contributed by atoms with E-state index in [1.165, 1.54) is 42.6 Å². The zero-order chi connectivity index (χ0) is 31.9. The quantitative estimate of drug-likeness (QED) is 0.158. The molecule has 0 atom stereocenters. The van der Waals surface area contributed by atoms with Crippen LogP contribution in [-0.2, 0) is 0 Å². The van der Waals surface area contributed by atoms with Crippen LogP contribution in [0.1, 0.15) is 60.3 Å². The minimum Gasteiger partial charge on any atom is -0.236 e. The average Bonchev–Trinajstić information content (AvgIpc) is 3.60. The van der Waals surface area contributed by atoms with Crippen molar-refractivity contribution in [2.24, 2.45) is 0 Å². The first-order valence-corrected chi connectivity index (χ1v) is 15.9. The van der Waals surface area contributed by atoms with Crippen molar-refractivity contribution in [3.8, 4) is 17.1 Å². The molecule has 6 aromatic carbocycles. The number of fused-ring (bicyclic) bond motifs is 7. The van der Waals surface area contributed by atoms with E-state index in [4.69, 9.17) is 4.11 Å². The van der Waals surface area contributed by atoms with Gasteiger partial charge in [0.05, 0.1) is 10.3 Å². The van der Waals surface area contributed by atoms with Gasteiger partial charge in [-0.25, -0.2) is 4.98 Å². The van der Waals surface area contributed by atoms with Crippen molar-refractivity contribution in [3.63, 3.8) is 0 Å². The van der Waals surface area contributed by atoms with Crippen LogP contribution in [0.5, 0.6) is 0 Å². The van der Waals surface area contributed by atoms with Gasteiger partial charge in [-0.3, -0.25) is 0 Å². The predicted octanol–water partition coefficient (Wildman–Crippen LogP) is 11.3. The smallest absolute Gasteiger partial charge is 0.236 e. The summed E-state index contributed by atoms with van der Waals surface area (Å²) < 4.78 is 29.2. The fourth-order valence-corrected chi connectivity index (χ4v) is 8.08. The largest absolute Gasteiger partial charge is 0.294 e. The maximum absolute atomic E-state index is 8.10. The fraction of sp³-hybridized carbons (Fsp3) is 0.175. The first kappa shape index (κ1) is 23.0. The molecule has 2 nitrogen and oxygen atoms in total. The summed E-state index contributed by atoms with van der Waals surface area (Å²) in [5.41, 5.74) is 7.76. The molecule has 0 bridgehead atoms. The molecule has 8 rings (SSSR count). The number of aromatic nitrogens is 2. The summed E-state index contributed by atoms with van der Waals surface area (Å²) in [6.45, 7) is 6.95. The van der Waals surface area contributed by atoms with E-state index in [9.17, 15) is 0 Å². The van der Waals surface area contributed by atoms with Crippen LogP contribution >= 0.6 is 11.3 Å². The molecule has 0 saturated carbocycles. The summed E-state index contributed by atoms with van der Waals surface area (Å²) in [6.07, 6.45) is 0. The number of nitrogens with one attached hydrogen (secondary N) is 1. The van der Waals surface area contributed by atoms with E-state index >= 15 is 0 Å². The molecule has 0 aliphatic carbocycles. The number of aromatic amines is 1. The van der Waals surface area contributed by atoms with Gasteiger partial charge >= 0.3 is 0 Å². The molecule has 0 fully saturated rings. The molecule has 0 aliphatic heterocycles. The molecular formula is C40H35N2S+. The van der Waals surface area contributed by atoms with E-state index in [-0.39, 0.29) is 0 Å². The fourth-order valence-electron chi connectivity index (χ4n) is 6.84. The summed E-state index contributed by atoms with van der Waals surface area (Å²) >= 11 is 1.81. The Morgan fingerprint density at radius 3 is 2.21 bits per heavy atom. The van der Waals surface area contributed by atoms with Crippen molar-refractivity contribution in [3.05, 3.63) is 120 Å². The van der Waals surface area contributed by atoms with Gasteiger partial charge in [0.1, 0.15) is 5.69 Å². The van der Waals surface area contributed by atoms with Crippen LogP contribution in [0.3, 0.4) is 0 Å². The number of imidazole rings is 1. The normalized spacial score (nSPS) is 13.6. The highest BCUT2D eigenvalue weighted by atomic mass is 32.1. The molecule has 8 aromatic rings. The number of H-pyrrole nitrogens is 1. The Bertz CT molecular complexity index is 2450. The Balaban J connectivity index is 1.44. The van der Waals surface area contributed by atoms with Gasteiger partial charge in [-0.15, -0.1) is 11.3 Å². The van der Waals surface area contributed by atoms with Gasteiger partial charge in [-0.2, -0.15) is 4.57 Å². The molecule has 0 spiro atoms. The highest BCUT2D eigenvalue weighted by Gasteiger charge is 2.29. The standard InChI is InChI=1S/C40H34N2S/c1-23(2)27-12-9-13-28(24(3)4)38(27)42-36-18-7-6-17-35(36)41-40(42)32-16-10-15-31-34-21-26-19-20-29-25(5)11-8-14-30(29)33(26)22-37(34)43-39(31)32/h6-24H,1-5H3/p+1/i5D3. The number of hydrogen-bond acceptors (Lipinski definition) is 1. The summed E-state index contributed by atoms with van der Waals surface area (Å²) in [5, 5.41) is 6.40. The number of aryl methyl sites for hydroxylation is 1. The molecule has 0 aliphatic rings. The maximum atomic E-state index is 8.10. The zero-order valence-corrected chi connectivity index (χ0v) is 25.6. The highest BCUT2D eigenvalue weighted by Crippen LogP contribution is 2.43. The number of rotatable bonds is 4. The molecular weight excluding hydrogens is 541 g/mol. The van der Waals surface area contributed by atoms with Crippen molar-refractivity contribution >= 4 is 64.1 Å². The van der Waals surface area contributed by atoms with Crippen LogP contribution in [0.15, 0.2) is 103 Å². The minimum atomic E-state index is -2.16.